The molecule has 3 rings (SSSR count). The van der Waals surface area contributed by atoms with Gasteiger partial charge < -0.3 is 15.1 Å². The molecule has 6 nitrogen and oxygen atoms in total. The number of hydrogen-bond acceptors (Lipinski definition) is 5. The molecule has 1 saturated heterocycles. The molecule has 1 aliphatic heterocycles. The van der Waals surface area contributed by atoms with Gasteiger partial charge in [0.25, 0.3) is 5.91 Å². The molecule has 1 amide bonds. The number of carbonyl (C=O) groups excluding carboxylic acids is 1. The maximum atomic E-state index is 12.2. The molecular formula is C19H25N5O. The van der Waals surface area contributed by atoms with Gasteiger partial charge in [-0.25, -0.2) is 9.97 Å². The molecule has 1 aromatic carbocycles. The van der Waals surface area contributed by atoms with Gasteiger partial charge in [0, 0.05) is 32.7 Å². The predicted molar refractivity (Wildman–Crippen MR) is 98.8 cm³/mol. The Morgan fingerprint density at radius 3 is 2.48 bits per heavy atom. The second kappa shape index (κ2) is 8.58. The zero-order valence-electron chi connectivity index (χ0n) is 14.7. The van der Waals surface area contributed by atoms with Crippen LogP contribution in [0.15, 0.2) is 42.7 Å². The van der Waals surface area contributed by atoms with Crippen molar-refractivity contribution in [3.8, 4) is 0 Å². The first-order valence-electron chi connectivity index (χ1n) is 8.87. The van der Waals surface area contributed by atoms with Gasteiger partial charge in [-0.15, -0.1) is 0 Å². The number of likely N-dealkylation sites (N-methyl/N-ethyl adjacent to an activating group) is 1. The van der Waals surface area contributed by atoms with E-state index in [1.165, 1.54) is 5.56 Å². The molecule has 0 atom stereocenters. The molecule has 1 aliphatic rings. The normalized spacial score (nSPS) is 15.2. The lowest BCUT2D eigenvalue weighted by Gasteiger charge is -2.34. The van der Waals surface area contributed by atoms with Gasteiger partial charge in [0.05, 0.1) is 12.4 Å². The van der Waals surface area contributed by atoms with E-state index in [4.69, 9.17) is 0 Å². The minimum absolute atomic E-state index is 0.175. The molecule has 132 valence electrons. The molecule has 0 saturated carbocycles. The molecule has 0 radical (unpaired) electrons. The second-order valence-corrected chi connectivity index (χ2v) is 6.17. The summed E-state index contributed by atoms with van der Waals surface area (Å²) in [6.07, 6.45) is 4.08. The topological polar surface area (TPSA) is 61.4 Å². The van der Waals surface area contributed by atoms with Crippen molar-refractivity contribution >= 4 is 11.7 Å². The Bertz CT molecular complexity index is 666. The third kappa shape index (κ3) is 4.76. The Morgan fingerprint density at radius 1 is 1.08 bits per heavy atom. The van der Waals surface area contributed by atoms with Crippen molar-refractivity contribution in [2.75, 3.05) is 44.2 Å². The van der Waals surface area contributed by atoms with Crippen LogP contribution in [0.3, 0.4) is 0 Å². The number of benzene rings is 1. The van der Waals surface area contributed by atoms with Crippen molar-refractivity contribution in [2.24, 2.45) is 0 Å². The molecule has 25 heavy (non-hydrogen) atoms. The smallest absolute Gasteiger partial charge is 0.271 e. The zero-order chi connectivity index (χ0) is 17.5. The summed E-state index contributed by atoms with van der Waals surface area (Å²) in [5.41, 5.74) is 1.57. The number of rotatable bonds is 6. The van der Waals surface area contributed by atoms with Crippen LogP contribution in [0.5, 0.6) is 0 Å². The molecule has 0 spiro atoms. The van der Waals surface area contributed by atoms with Crippen LogP contribution in [-0.4, -0.2) is 60.0 Å². The molecule has 6 heteroatoms. The standard InChI is InChI=1S/C19H25N5O/c1-2-23-10-12-24(13-11-23)18-15-21-17(14-22-18)19(25)20-9-8-16-6-4-3-5-7-16/h3-7,14-15H,2,8-13H2,1H3,(H,20,25). The van der Waals surface area contributed by atoms with Crippen molar-refractivity contribution < 1.29 is 4.79 Å². The minimum atomic E-state index is -0.175. The SMILES string of the molecule is CCN1CCN(c2cnc(C(=O)NCCc3ccccc3)cn2)CC1. The maximum absolute atomic E-state index is 12.2. The van der Waals surface area contributed by atoms with Gasteiger partial charge in [-0.05, 0) is 18.5 Å². The van der Waals surface area contributed by atoms with Gasteiger partial charge in [0.15, 0.2) is 0 Å². The van der Waals surface area contributed by atoms with Gasteiger partial charge in [-0.1, -0.05) is 37.3 Å². The lowest BCUT2D eigenvalue weighted by molar-refractivity contribution is 0.0949. The number of aromatic nitrogens is 2. The molecule has 2 aromatic rings. The van der Waals surface area contributed by atoms with E-state index >= 15 is 0 Å². The number of nitrogens with one attached hydrogen (secondary N) is 1. The molecule has 2 heterocycles. The number of nitrogens with zero attached hydrogens (tertiary/aromatic N) is 4. The summed E-state index contributed by atoms with van der Waals surface area (Å²) in [5, 5.41) is 2.90. The van der Waals surface area contributed by atoms with Crippen LogP contribution < -0.4 is 10.2 Å². The number of hydrogen-bond donors (Lipinski definition) is 1. The predicted octanol–water partition coefficient (Wildman–Crippen LogP) is 1.59. The summed E-state index contributed by atoms with van der Waals surface area (Å²) >= 11 is 0. The zero-order valence-corrected chi connectivity index (χ0v) is 14.7. The van der Waals surface area contributed by atoms with Gasteiger partial charge in [-0.3, -0.25) is 4.79 Å². The van der Waals surface area contributed by atoms with E-state index in [-0.39, 0.29) is 5.91 Å². The Morgan fingerprint density at radius 2 is 1.84 bits per heavy atom. The second-order valence-electron chi connectivity index (χ2n) is 6.17. The van der Waals surface area contributed by atoms with Gasteiger partial charge in [0.1, 0.15) is 11.5 Å². The van der Waals surface area contributed by atoms with Gasteiger partial charge >= 0.3 is 0 Å². The summed E-state index contributed by atoms with van der Waals surface area (Å²) in [6, 6.07) is 10.1. The average Bonchev–Trinajstić information content (AvgIpc) is 2.69. The molecule has 0 unspecified atom stereocenters. The summed E-state index contributed by atoms with van der Waals surface area (Å²) in [7, 11) is 0. The Kier molecular flexibility index (Phi) is 5.95. The molecule has 0 aliphatic carbocycles. The molecule has 1 aromatic heterocycles. The van der Waals surface area contributed by atoms with Crippen LogP contribution in [0, 0.1) is 0 Å². The number of carbonyl (C=O) groups is 1. The van der Waals surface area contributed by atoms with Crippen molar-refractivity contribution in [1.29, 1.82) is 0 Å². The molecule has 0 bridgehead atoms. The van der Waals surface area contributed by atoms with E-state index in [1.54, 1.807) is 12.4 Å². The van der Waals surface area contributed by atoms with Gasteiger partial charge in [0.2, 0.25) is 0 Å². The highest BCUT2D eigenvalue weighted by Gasteiger charge is 2.17. The van der Waals surface area contributed by atoms with E-state index in [9.17, 15) is 4.79 Å². The van der Waals surface area contributed by atoms with Crippen LogP contribution in [0.2, 0.25) is 0 Å². The van der Waals surface area contributed by atoms with E-state index in [2.05, 4.69) is 44.1 Å². The lowest BCUT2D eigenvalue weighted by atomic mass is 10.1. The van der Waals surface area contributed by atoms with E-state index in [0.29, 0.717) is 12.2 Å². The first kappa shape index (κ1) is 17.4. The van der Waals surface area contributed by atoms with Crippen LogP contribution in [0.25, 0.3) is 0 Å². The van der Waals surface area contributed by atoms with Crippen molar-refractivity contribution in [2.45, 2.75) is 13.3 Å². The first-order valence-corrected chi connectivity index (χ1v) is 8.87. The van der Waals surface area contributed by atoms with Crippen molar-refractivity contribution in [1.82, 2.24) is 20.2 Å². The Hall–Kier alpha value is -2.47. The quantitative estimate of drug-likeness (QED) is 0.866. The molecule has 1 fully saturated rings. The fourth-order valence-corrected chi connectivity index (χ4v) is 2.95. The third-order valence-electron chi connectivity index (χ3n) is 4.56. The fourth-order valence-electron chi connectivity index (χ4n) is 2.95. The van der Waals surface area contributed by atoms with Crippen LogP contribution in [0.1, 0.15) is 23.0 Å². The average molecular weight is 339 g/mol. The fraction of sp³-hybridized carbons (Fsp3) is 0.421. The highest BCUT2D eigenvalue weighted by molar-refractivity contribution is 5.92. The van der Waals surface area contributed by atoms with E-state index in [0.717, 1.165) is 45.0 Å². The van der Waals surface area contributed by atoms with Crippen LogP contribution >= 0.6 is 0 Å². The van der Waals surface area contributed by atoms with Gasteiger partial charge in [-0.2, -0.15) is 0 Å². The van der Waals surface area contributed by atoms with Crippen molar-refractivity contribution in [3.05, 3.63) is 54.0 Å². The lowest BCUT2D eigenvalue weighted by Crippen LogP contribution is -2.46. The molecular weight excluding hydrogens is 314 g/mol. The number of piperazine rings is 1. The van der Waals surface area contributed by atoms with Crippen molar-refractivity contribution in [3.63, 3.8) is 0 Å². The monoisotopic (exact) mass is 339 g/mol. The van der Waals surface area contributed by atoms with Crippen LogP contribution in [-0.2, 0) is 6.42 Å². The van der Waals surface area contributed by atoms with E-state index < -0.39 is 0 Å². The minimum Gasteiger partial charge on any atom is -0.353 e. The highest BCUT2D eigenvalue weighted by atomic mass is 16.1. The summed E-state index contributed by atoms with van der Waals surface area (Å²) in [4.78, 5) is 25.5. The molecule has 1 N–H and O–H groups in total. The highest BCUT2D eigenvalue weighted by Crippen LogP contribution is 2.12. The maximum Gasteiger partial charge on any atom is 0.271 e. The Balaban J connectivity index is 1.49. The third-order valence-corrected chi connectivity index (χ3v) is 4.56. The first-order chi connectivity index (χ1) is 12.3. The number of anilines is 1. The summed E-state index contributed by atoms with van der Waals surface area (Å²) in [6.45, 7) is 7.84. The van der Waals surface area contributed by atoms with E-state index in [1.807, 2.05) is 18.2 Å². The summed E-state index contributed by atoms with van der Waals surface area (Å²) in [5.74, 6) is 0.669. The van der Waals surface area contributed by atoms with Crippen LogP contribution in [0.4, 0.5) is 5.82 Å². The largest absolute Gasteiger partial charge is 0.353 e. The summed E-state index contributed by atoms with van der Waals surface area (Å²) < 4.78 is 0. The Labute approximate surface area is 148 Å². The number of amides is 1.